The van der Waals surface area contributed by atoms with Gasteiger partial charge in [-0.05, 0) is 55.6 Å². The van der Waals surface area contributed by atoms with Crippen LogP contribution in [0.1, 0.15) is 29.0 Å². The van der Waals surface area contributed by atoms with Crippen molar-refractivity contribution in [3.05, 3.63) is 71.3 Å². The Morgan fingerprint density at radius 2 is 1.67 bits per heavy atom. The van der Waals surface area contributed by atoms with Crippen molar-refractivity contribution in [3.8, 4) is 0 Å². The molecule has 0 bridgehead atoms. The van der Waals surface area contributed by atoms with Crippen molar-refractivity contribution >= 4 is 5.97 Å². The summed E-state index contributed by atoms with van der Waals surface area (Å²) in [6.45, 7) is 0.399. The molecular weight excluding hydrogens is 350 g/mol. The summed E-state index contributed by atoms with van der Waals surface area (Å²) < 4.78 is 38.1. The summed E-state index contributed by atoms with van der Waals surface area (Å²) in [5.74, 6) is -1.05. The molecule has 0 radical (unpaired) electrons. The first-order chi connectivity index (χ1) is 12.3. The van der Waals surface area contributed by atoms with Gasteiger partial charge in [-0.3, -0.25) is 0 Å². The zero-order valence-electron chi connectivity index (χ0n) is 15.5. The van der Waals surface area contributed by atoms with E-state index in [4.69, 9.17) is 0 Å². The number of nitrogens with zero attached hydrogens (tertiary/aromatic N) is 1. The predicted octanol–water partition coefficient (Wildman–Crippen LogP) is 0.108. The second-order valence-electron chi connectivity index (χ2n) is 6.40. The molecule has 0 amide bonds. The van der Waals surface area contributed by atoms with Gasteiger partial charge in [0, 0.05) is 6.54 Å². The van der Waals surface area contributed by atoms with E-state index in [-0.39, 0.29) is 31.3 Å². The monoisotopic (exact) mass is 371 g/mol. The largest absolute Gasteiger partial charge is 1.00 e. The minimum atomic E-state index is -4.34. The number of rotatable bonds is 8. The molecule has 0 heterocycles. The maximum absolute atomic E-state index is 12.7. The van der Waals surface area contributed by atoms with Gasteiger partial charge >= 0.3 is 25.0 Å². The second-order valence-corrected chi connectivity index (χ2v) is 6.40. The number of carboxylic acid groups (broad SMARTS) is 1. The van der Waals surface area contributed by atoms with Gasteiger partial charge in [-0.15, -0.1) is 0 Å². The molecule has 0 aliphatic carbocycles. The Kier molecular flexibility index (Phi) is 9.11. The topological polar surface area (TPSA) is 43.4 Å². The molecule has 2 aromatic rings. The molecule has 140 valence electrons. The van der Waals surface area contributed by atoms with Gasteiger partial charge in [-0.1, -0.05) is 42.5 Å². The third-order valence-electron chi connectivity index (χ3n) is 4.29. The average molecular weight is 371 g/mol. The van der Waals surface area contributed by atoms with Crippen LogP contribution in [0, 0.1) is 0 Å². The van der Waals surface area contributed by atoms with E-state index in [2.05, 4.69) is 0 Å². The van der Waals surface area contributed by atoms with Crippen molar-refractivity contribution in [2.24, 2.45) is 0 Å². The van der Waals surface area contributed by atoms with Crippen LogP contribution in [-0.4, -0.2) is 31.0 Å². The van der Waals surface area contributed by atoms with Crippen LogP contribution >= 0.6 is 0 Å². The second kappa shape index (κ2) is 10.6. The summed E-state index contributed by atoms with van der Waals surface area (Å²) in [5, 5.41) is 10.7. The van der Waals surface area contributed by atoms with Gasteiger partial charge in [0.05, 0.1) is 11.5 Å². The van der Waals surface area contributed by atoms with Gasteiger partial charge in [0.2, 0.25) is 0 Å². The maximum Gasteiger partial charge on any atom is 1.00 e. The quantitative estimate of drug-likeness (QED) is 0.619. The zero-order chi connectivity index (χ0) is 19.2. The Bertz CT molecular complexity index is 705. The molecule has 1 atom stereocenters. The molecule has 0 aromatic heterocycles. The molecule has 0 aliphatic heterocycles. The Balaban J connectivity index is 0.00000364. The van der Waals surface area contributed by atoms with E-state index in [0.29, 0.717) is 19.4 Å². The van der Waals surface area contributed by atoms with Crippen LogP contribution in [0.25, 0.3) is 0 Å². The number of aliphatic carboxylic acids is 1. The van der Waals surface area contributed by atoms with E-state index in [9.17, 15) is 23.1 Å². The Morgan fingerprint density at radius 3 is 2.19 bits per heavy atom. The van der Waals surface area contributed by atoms with Gasteiger partial charge < -0.3 is 14.8 Å². The fourth-order valence-electron chi connectivity index (χ4n) is 2.90. The molecule has 0 saturated heterocycles. The summed E-state index contributed by atoms with van der Waals surface area (Å²) >= 11 is 0. The van der Waals surface area contributed by atoms with Gasteiger partial charge in [-0.2, -0.15) is 13.2 Å². The van der Waals surface area contributed by atoms with E-state index in [0.717, 1.165) is 23.3 Å². The molecule has 0 N–H and O–H groups in total. The van der Waals surface area contributed by atoms with Crippen LogP contribution in [0.4, 0.5) is 13.2 Å². The molecule has 3 nitrogen and oxygen atoms in total. The Labute approximate surface area is 169 Å². The molecule has 0 aliphatic rings. The minimum Gasteiger partial charge on any atom is -0.549 e. The number of benzene rings is 2. The fraction of sp³-hybridized carbons (Fsp3) is 0.350. The minimum absolute atomic E-state index is 0. The van der Waals surface area contributed by atoms with E-state index < -0.39 is 17.7 Å². The van der Waals surface area contributed by atoms with Crippen molar-refractivity contribution in [2.75, 3.05) is 20.1 Å². The summed E-state index contributed by atoms with van der Waals surface area (Å²) in [7, 11) is 1.70. The fourth-order valence-corrected chi connectivity index (χ4v) is 2.90. The first-order valence-corrected chi connectivity index (χ1v) is 8.35. The Morgan fingerprint density at radius 1 is 1.07 bits per heavy atom. The van der Waals surface area contributed by atoms with Crippen molar-refractivity contribution in [2.45, 2.75) is 24.9 Å². The van der Waals surface area contributed by atoms with Gasteiger partial charge in [0.15, 0.2) is 0 Å². The number of carbonyl (C=O) groups is 1. The van der Waals surface area contributed by atoms with Crippen molar-refractivity contribution in [3.63, 3.8) is 0 Å². The third kappa shape index (κ3) is 7.80. The molecule has 0 saturated carbocycles. The van der Waals surface area contributed by atoms with Crippen LogP contribution in [0.3, 0.4) is 0 Å². The van der Waals surface area contributed by atoms with E-state index in [1.165, 1.54) is 12.1 Å². The van der Waals surface area contributed by atoms with Crippen LogP contribution in [-0.2, 0) is 17.4 Å². The van der Waals surface area contributed by atoms with E-state index >= 15 is 0 Å². The molecule has 2 rings (SSSR count). The number of hydrogen-bond acceptors (Lipinski definition) is 3. The molecule has 2 aromatic carbocycles. The number of hydrogen-bond donors (Lipinski definition) is 0. The maximum atomic E-state index is 12.7. The summed E-state index contributed by atoms with van der Waals surface area (Å²) in [5.41, 5.74) is 1.23. The van der Waals surface area contributed by atoms with Crippen molar-refractivity contribution < 1.29 is 41.9 Å². The SMILES string of the molecule is CN(CC[C@@H](Cc1ccc(C(F)(F)F)cc1)c1ccccc1)CC(=O)[O-].[Li+]. The molecule has 0 spiro atoms. The number of carbonyl (C=O) groups excluding carboxylic acids is 1. The summed E-state index contributed by atoms with van der Waals surface area (Å²) in [6, 6.07) is 14.9. The van der Waals surface area contributed by atoms with Crippen LogP contribution < -0.4 is 24.0 Å². The Hall–Kier alpha value is -1.74. The number of halogens is 3. The summed E-state index contributed by atoms with van der Waals surface area (Å²) in [4.78, 5) is 12.3. The molecule has 27 heavy (non-hydrogen) atoms. The average Bonchev–Trinajstić information content (AvgIpc) is 2.58. The van der Waals surface area contributed by atoms with E-state index in [1.807, 2.05) is 30.3 Å². The first kappa shape index (κ1) is 23.3. The zero-order valence-corrected chi connectivity index (χ0v) is 15.5. The standard InChI is InChI=1S/C20H22F3NO2.Li/c1-24(14-19(25)26)12-11-17(16-5-3-2-4-6-16)13-15-7-9-18(10-8-15)20(21,22)23;/h2-10,17H,11-14H2,1H3,(H,25,26);/q;+1/p-1/t17-;/m0./s1. The van der Waals surface area contributed by atoms with Crippen molar-refractivity contribution in [1.29, 1.82) is 0 Å². The third-order valence-corrected chi connectivity index (χ3v) is 4.29. The number of likely N-dealkylation sites (N-methyl/N-ethyl adjacent to an activating group) is 1. The smallest absolute Gasteiger partial charge is 0.549 e. The molecule has 7 heteroatoms. The van der Waals surface area contributed by atoms with Crippen LogP contribution in [0.5, 0.6) is 0 Å². The normalized spacial score (nSPS) is 12.5. The van der Waals surface area contributed by atoms with Gasteiger partial charge in [0.25, 0.3) is 0 Å². The predicted molar refractivity (Wildman–Crippen MR) is 91.5 cm³/mol. The van der Waals surface area contributed by atoms with Gasteiger partial charge in [0.1, 0.15) is 0 Å². The number of carboxylic acids is 1. The van der Waals surface area contributed by atoms with Crippen molar-refractivity contribution in [1.82, 2.24) is 4.90 Å². The molecule has 0 unspecified atom stereocenters. The molecular formula is C20H21F3LiNO2. The van der Waals surface area contributed by atoms with E-state index in [1.54, 1.807) is 11.9 Å². The van der Waals surface area contributed by atoms with Gasteiger partial charge in [-0.25, -0.2) is 0 Å². The van der Waals surface area contributed by atoms with Crippen LogP contribution in [0.15, 0.2) is 54.6 Å². The molecule has 0 fully saturated rings. The van der Waals surface area contributed by atoms with Crippen LogP contribution in [0.2, 0.25) is 0 Å². The number of alkyl halides is 3. The first-order valence-electron chi connectivity index (χ1n) is 8.35. The summed E-state index contributed by atoms with van der Waals surface area (Å²) in [6.07, 6.45) is -3.07.